The Kier molecular flexibility index (Phi) is 6.69. The molecule has 0 unspecified atom stereocenters. The van der Waals surface area contributed by atoms with Crippen LogP contribution in [0.15, 0.2) is 72.5 Å². The normalized spacial score (nSPS) is 17.9. The number of amides is 1. The van der Waals surface area contributed by atoms with Gasteiger partial charge in [-0.3, -0.25) is 4.98 Å². The summed E-state index contributed by atoms with van der Waals surface area (Å²) in [7, 11) is -0.598. The van der Waals surface area contributed by atoms with E-state index in [-0.39, 0.29) is 19.1 Å². The molecule has 2 aliphatic rings. The number of alkyl carbamates (subject to hydrolysis) is 1. The highest BCUT2D eigenvalue weighted by atomic mass is 16.7. The summed E-state index contributed by atoms with van der Waals surface area (Å²) in [6.07, 6.45) is 5.07. The van der Waals surface area contributed by atoms with Gasteiger partial charge in [0.1, 0.15) is 6.61 Å². The Morgan fingerprint density at radius 1 is 1.00 bits per heavy atom. The van der Waals surface area contributed by atoms with Crippen molar-refractivity contribution < 1.29 is 18.8 Å². The van der Waals surface area contributed by atoms with Crippen molar-refractivity contribution in [2.45, 2.75) is 51.7 Å². The highest BCUT2D eigenvalue weighted by molar-refractivity contribution is 6.56. The number of hydrogen-bond acceptors (Lipinski definition) is 5. The second-order valence-electron chi connectivity index (χ2n) is 10.8. The zero-order valence-corrected chi connectivity index (χ0v) is 22.1. The number of aryl methyl sites for hydroxylation is 1. The van der Waals surface area contributed by atoms with E-state index in [2.05, 4.69) is 34.6 Å². The molecule has 1 fully saturated rings. The fraction of sp³-hybridized carbons (Fsp3) is 0.333. The highest BCUT2D eigenvalue weighted by Gasteiger charge is 2.52. The van der Waals surface area contributed by atoms with E-state index in [4.69, 9.17) is 14.0 Å². The second-order valence-corrected chi connectivity index (χ2v) is 10.8. The summed E-state index contributed by atoms with van der Waals surface area (Å²) in [5.41, 5.74) is 6.53. The third kappa shape index (κ3) is 5.06. The van der Waals surface area contributed by atoms with Crippen molar-refractivity contribution in [1.29, 1.82) is 0 Å². The topological polar surface area (TPSA) is 69.7 Å². The van der Waals surface area contributed by atoms with E-state index in [0.29, 0.717) is 0 Å². The zero-order chi connectivity index (χ0) is 26.2. The van der Waals surface area contributed by atoms with Crippen molar-refractivity contribution in [2.75, 3.05) is 13.2 Å². The molecule has 6 nitrogen and oxygen atoms in total. The predicted octanol–water partition coefficient (Wildman–Crippen LogP) is 5.94. The molecular weight excluding hydrogens is 463 g/mol. The predicted molar refractivity (Wildman–Crippen MR) is 146 cm³/mol. The molecule has 3 aromatic rings. The summed E-state index contributed by atoms with van der Waals surface area (Å²) in [5.74, 6) is 0.00891. The molecule has 1 aliphatic carbocycles. The first-order valence-corrected chi connectivity index (χ1v) is 12.7. The van der Waals surface area contributed by atoms with Crippen molar-refractivity contribution >= 4 is 19.3 Å². The van der Waals surface area contributed by atoms with Gasteiger partial charge in [0.05, 0.1) is 11.2 Å². The number of rotatable bonds is 6. The molecule has 0 radical (unpaired) electrons. The van der Waals surface area contributed by atoms with E-state index in [1.54, 1.807) is 12.4 Å². The summed E-state index contributed by atoms with van der Waals surface area (Å²) in [5, 5.41) is 2.91. The van der Waals surface area contributed by atoms with Crippen LogP contribution >= 0.6 is 0 Å². The first kappa shape index (κ1) is 25.2. The molecule has 1 saturated heterocycles. The molecule has 0 bridgehead atoms. The summed E-state index contributed by atoms with van der Waals surface area (Å²) in [4.78, 5) is 17.1. The third-order valence-corrected chi connectivity index (χ3v) is 7.58. The van der Waals surface area contributed by atoms with Crippen LogP contribution in [0.4, 0.5) is 4.79 Å². The van der Waals surface area contributed by atoms with Gasteiger partial charge in [0.15, 0.2) is 0 Å². The van der Waals surface area contributed by atoms with Gasteiger partial charge in [-0.1, -0.05) is 54.6 Å². The molecule has 2 aromatic carbocycles. The molecular formula is C30H33BN2O4. The van der Waals surface area contributed by atoms with E-state index < -0.39 is 24.4 Å². The van der Waals surface area contributed by atoms with Crippen LogP contribution in [0.5, 0.6) is 0 Å². The van der Waals surface area contributed by atoms with E-state index >= 15 is 0 Å². The van der Waals surface area contributed by atoms with Crippen molar-refractivity contribution in [3.63, 3.8) is 0 Å². The fourth-order valence-electron chi connectivity index (χ4n) is 4.89. The van der Waals surface area contributed by atoms with E-state index in [9.17, 15) is 4.79 Å². The number of pyridine rings is 1. The molecule has 1 N–H and O–H groups in total. The number of hydrogen-bond donors (Lipinski definition) is 1. The summed E-state index contributed by atoms with van der Waals surface area (Å²) in [6, 6.07) is 18.6. The molecule has 37 heavy (non-hydrogen) atoms. The molecule has 1 aromatic heterocycles. The first-order valence-electron chi connectivity index (χ1n) is 12.7. The highest BCUT2D eigenvalue weighted by Crippen LogP contribution is 2.44. The summed E-state index contributed by atoms with van der Waals surface area (Å²) in [6.45, 7) is 10.5. The minimum Gasteiger partial charge on any atom is -0.449 e. The average Bonchev–Trinajstić information content (AvgIpc) is 3.29. The van der Waals surface area contributed by atoms with Crippen molar-refractivity contribution in [3.05, 3.63) is 94.7 Å². The van der Waals surface area contributed by atoms with Crippen molar-refractivity contribution in [1.82, 2.24) is 10.3 Å². The van der Waals surface area contributed by atoms with Crippen LogP contribution in [0.2, 0.25) is 0 Å². The molecule has 1 amide bonds. The lowest BCUT2D eigenvalue weighted by Crippen LogP contribution is -2.41. The molecule has 7 heteroatoms. The van der Waals surface area contributed by atoms with Crippen molar-refractivity contribution in [3.8, 4) is 11.1 Å². The Bertz CT molecular complexity index is 1290. The molecule has 5 rings (SSSR count). The lowest BCUT2D eigenvalue weighted by molar-refractivity contribution is 0.00578. The van der Waals surface area contributed by atoms with Crippen LogP contribution in [0.25, 0.3) is 17.2 Å². The van der Waals surface area contributed by atoms with E-state index in [0.717, 1.165) is 16.6 Å². The number of fused-ring (bicyclic) bond motifs is 3. The van der Waals surface area contributed by atoms with Gasteiger partial charge in [-0.05, 0) is 79.5 Å². The van der Waals surface area contributed by atoms with Gasteiger partial charge in [-0.15, -0.1) is 0 Å². The maximum atomic E-state index is 12.8. The first-order chi connectivity index (χ1) is 17.6. The lowest BCUT2D eigenvalue weighted by atomic mass is 9.77. The smallest absolute Gasteiger partial charge is 0.449 e. The van der Waals surface area contributed by atoms with Crippen LogP contribution in [0.1, 0.15) is 55.9 Å². The summed E-state index contributed by atoms with van der Waals surface area (Å²) < 4.78 is 18.3. The van der Waals surface area contributed by atoms with Gasteiger partial charge in [-0.2, -0.15) is 0 Å². The second kappa shape index (κ2) is 9.80. The maximum absolute atomic E-state index is 12.8. The van der Waals surface area contributed by atoms with Crippen molar-refractivity contribution in [2.24, 2.45) is 0 Å². The third-order valence-electron chi connectivity index (χ3n) is 7.58. The van der Waals surface area contributed by atoms with Crippen LogP contribution in [0, 0.1) is 6.92 Å². The van der Waals surface area contributed by atoms with Gasteiger partial charge in [-0.25, -0.2) is 4.79 Å². The quantitative estimate of drug-likeness (QED) is 0.428. The Balaban J connectivity index is 1.29. The molecule has 0 saturated carbocycles. The van der Waals surface area contributed by atoms with E-state index in [1.807, 2.05) is 71.0 Å². The number of aromatic nitrogens is 1. The van der Waals surface area contributed by atoms with Crippen LogP contribution in [-0.2, 0) is 14.0 Å². The minimum atomic E-state index is -0.598. The van der Waals surface area contributed by atoms with E-state index in [1.165, 1.54) is 22.3 Å². The van der Waals surface area contributed by atoms with Gasteiger partial charge in [0, 0.05) is 24.9 Å². The SMILES string of the molecule is Cc1cncc(C=C(CNC(=O)OCC2c3ccccc3-c3ccccc32)B2OC(C)(C)C(C)(C)O2)c1. The minimum absolute atomic E-state index is 0.00891. The standard InChI is InChI=1S/C30H33BN2O4/c1-20-14-21(17-32-16-20)15-22(31-36-29(2,3)30(4,5)37-31)18-33-28(34)35-19-27-25-12-8-6-10-23(25)24-11-7-9-13-26(24)27/h6-17,27H,18-19H2,1-5H3,(H,33,34). The number of nitrogens with zero attached hydrogens (tertiary/aromatic N) is 1. The average molecular weight is 496 g/mol. The van der Waals surface area contributed by atoms with Crippen LogP contribution in [0.3, 0.4) is 0 Å². The summed E-state index contributed by atoms with van der Waals surface area (Å²) >= 11 is 0. The van der Waals surface area contributed by atoms with Gasteiger partial charge < -0.3 is 19.4 Å². The van der Waals surface area contributed by atoms with Gasteiger partial charge in [0.2, 0.25) is 0 Å². The van der Waals surface area contributed by atoms with Crippen LogP contribution in [-0.4, -0.2) is 42.5 Å². The number of benzene rings is 2. The van der Waals surface area contributed by atoms with Gasteiger partial charge >= 0.3 is 13.2 Å². The maximum Gasteiger partial charge on any atom is 0.492 e. The van der Waals surface area contributed by atoms with Crippen LogP contribution < -0.4 is 5.32 Å². The fourth-order valence-corrected chi connectivity index (χ4v) is 4.89. The number of nitrogens with one attached hydrogen (secondary N) is 1. The Hall–Kier alpha value is -3.42. The molecule has 190 valence electrons. The molecule has 0 spiro atoms. The number of ether oxygens (including phenoxy) is 1. The Morgan fingerprint density at radius 3 is 2.19 bits per heavy atom. The Morgan fingerprint density at radius 2 is 1.59 bits per heavy atom. The number of carbonyl (C=O) groups is 1. The largest absolute Gasteiger partial charge is 0.492 e. The lowest BCUT2D eigenvalue weighted by Gasteiger charge is -2.32. The number of carbonyl (C=O) groups excluding carboxylic acids is 1. The molecule has 0 atom stereocenters. The van der Waals surface area contributed by atoms with Gasteiger partial charge in [0.25, 0.3) is 0 Å². The monoisotopic (exact) mass is 496 g/mol. The Labute approximate surface area is 219 Å². The molecule has 1 aliphatic heterocycles. The molecule has 2 heterocycles. The zero-order valence-electron chi connectivity index (χ0n) is 22.1.